The minimum atomic E-state index is -0.526. The van der Waals surface area contributed by atoms with E-state index in [9.17, 15) is 4.79 Å². The third-order valence-corrected chi connectivity index (χ3v) is 1.53. The van der Waals surface area contributed by atoms with Gasteiger partial charge in [-0.3, -0.25) is 0 Å². The molecule has 1 heterocycles. The van der Waals surface area contributed by atoms with Crippen LogP contribution in [0, 0.1) is 0 Å². The van der Waals surface area contributed by atoms with E-state index in [1.165, 1.54) is 0 Å². The maximum atomic E-state index is 11.4. The van der Waals surface area contributed by atoms with Gasteiger partial charge in [-0.15, -0.1) is 0 Å². The van der Waals surface area contributed by atoms with E-state index in [4.69, 9.17) is 15.2 Å². The number of esters is 1. The molecular weight excluding hydrogens is 186 g/mol. The molecular formula is C8H13N3O3. The molecule has 1 rings (SSSR count). The predicted molar refractivity (Wildman–Crippen MR) is 50.1 cm³/mol. The van der Waals surface area contributed by atoms with Crippen LogP contribution in [0.15, 0.2) is 0 Å². The number of nitrogen functional groups attached to an aromatic ring is 1. The van der Waals surface area contributed by atoms with Crippen LogP contribution in [0.3, 0.4) is 0 Å². The first-order valence-corrected chi connectivity index (χ1v) is 4.34. The fourth-order valence-corrected chi connectivity index (χ4v) is 0.988. The molecule has 0 aliphatic carbocycles. The molecule has 0 amide bonds. The van der Waals surface area contributed by atoms with E-state index in [0.717, 1.165) is 0 Å². The average Bonchev–Trinajstić information content (AvgIpc) is 2.48. The van der Waals surface area contributed by atoms with Gasteiger partial charge in [0.25, 0.3) is 0 Å². The van der Waals surface area contributed by atoms with Gasteiger partial charge in [-0.05, 0) is 13.8 Å². The topological polar surface area (TPSA) is 90.2 Å². The first kappa shape index (κ1) is 10.4. The van der Waals surface area contributed by atoms with Crippen LogP contribution in [0.25, 0.3) is 0 Å². The molecule has 0 saturated carbocycles. The van der Waals surface area contributed by atoms with E-state index in [-0.39, 0.29) is 23.9 Å². The van der Waals surface area contributed by atoms with Crippen molar-refractivity contribution in [3.63, 3.8) is 0 Å². The maximum Gasteiger partial charge on any atom is 0.347 e. The standard InChI is InChI=1S/C8H13N3O3/c1-3-13-7-5(6(9)10-11-7)8(12)14-4-2/h3-4H2,1-2H3,(H3,9,10,11). The third-order valence-electron chi connectivity index (χ3n) is 1.53. The molecule has 0 unspecified atom stereocenters. The van der Waals surface area contributed by atoms with Gasteiger partial charge >= 0.3 is 5.97 Å². The van der Waals surface area contributed by atoms with Crippen LogP contribution in [-0.4, -0.2) is 29.4 Å². The highest BCUT2D eigenvalue weighted by atomic mass is 16.5. The Morgan fingerprint density at radius 2 is 2.21 bits per heavy atom. The van der Waals surface area contributed by atoms with Crippen LogP contribution in [-0.2, 0) is 4.74 Å². The van der Waals surface area contributed by atoms with Crippen molar-refractivity contribution < 1.29 is 14.3 Å². The molecule has 1 aromatic rings. The first-order chi connectivity index (χ1) is 6.70. The summed E-state index contributed by atoms with van der Waals surface area (Å²) in [5.41, 5.74) is 5.64. The van der Waals surface area contributed by atoms with Crippen LogP contribution in [0.2, 0.25) is 0 Å². The van der Waals surface area contributed by atoms with Crippen molar-refractivity contribution in [2.75, 3.05) is 18.9 Å². The van der Waals surface area contributed by atoms with E-state index in [1.807, 2.05) is 0 Å². The van der Waals surface area contributed by atoms with Gasteiger partial charge in [0.15, 0.2) is 11.4 Å². The maximum absolute atomic E-state index is 11.4. The summed E-state index contributed by atoms with van der Waals surface area (Å²) in [6.45, 7) is 4.23. The molecule has 14 heavy (non-hydrogen) atoms. The highest BCUT2D eigenvalue weighted by Crippen LogP contribution is 2.21. The Morgan fingerprint density at radius 3 is 2.79 bits per heavy atom. The third kappa shape index (κ3) is 1.95. The second-order valence-corrected chi connectivity index (χ2v) is 2.47. The number of hydrogen-bond acceptors (Lipinski definition) is 5. The van der Waals surface area contributed by atoms with E-state index in [2.05, 4.69) is 10.2 Å². The van der Waals surface area contributed by atoms with E-state index >= 15 is 0 Å². The van der Waals surface area contributed by atoms with Crippen LogP contribution in [0.1, 0.15) is 24.2 Å². The Balaban J connectivity index is 2.92. The Hall–Kier alpha value is -1.72. The summed E-state index contributed by atoms with van der Waals surface area (Å²) in [6.07, 6.45) is 0. The van der Waals surface area contributed by atoms with Crippen LogP contribution in [0.4, 0.5) is 5.82 Å². The van der Waals surface area contributed by atoms with Gasteiger partial charge in [0.05, 0.1) is 13.2 Å². The number of nitrogens with zero attached hydrogens (tertiary/aromatic N) is 1. The fraction of sp³-hybridized carbons (Fsp3) is 0.500. The van der Waals surface area contributed by atoms with E-state index < -0.39 is 5.97 Å². The monoisotopic (exact) mass is 199 g/mol. The molecule has 0 aliphatic rings. The Kier molecular flexibility index (Phi) is 3.33. The second kappa shape index (κ2) is 4.50. The average molecular weight is 199 g/mol. The van der Waals surface area contributed by atoms with Crippen molar-refractivity contribution in [2.24, 2.45) is 0 Å². The summed E-state index contributed by atoms with van der Waals surface area (Å²) in [7, 11) is 0. The minimum absolute atomic E-state index is 0.0897. The molecule has 3 N–H and O–H groups in total. The van der Waals surface area contributed by atoms with Crippen LogP contribution < -0.4 is 10.5 Å². The van der Waals surface area contributed by atoms with Crippen LogP contribution >= 0.6 is 0 Å². The molecule has 0 bridgehead atoms. The molecule has 0 aromatic carbocycles. The SMILES string of the molecule is CCOC(=O)c1c(N)n[nH]c1OCC. The van der Waals surface area contributed by atoms with Crippen molar-refractivity contribution in [1.29, 1.82) is 0 Å². The molecule has 0 atom stereocenters. The lowest BCUT2D eigenvalue weighted by Crippen LogP contribution is -2.08. The molecule has 1 aromatic heterocycles. The van der Waals surface area contributed by atoms with Crippen molar-refractivity contribution >= 4 is 11.8 Å². The molecule has 6 nitrogen and oxygen atoms in total. The molecule has 0 saturated heterocycles. The number of aromatic amines is 1. The van der Waals surface area contributed by atoms with E-state index in [0.29, 0.717) is 6.61 Å². The van der Waals surface area contributed by atoms with Gasteiger partial charge in [-0.25, -0.2) is 9.89 Å². The molecule has 0 spiro atoms. The number of nitrogens with two attached hydrogens (primary N) is 1. The highest BCUT2D eigenvalue weighted by Gasteiger charge is 2.20. The van der Waals surface area contributed by atoms with Gasteiger partial charge in [-0.1, -0.05) is 0 Å². The van der Waals surface area contributed by atoms with Gasteiger partial charge in [0.2, 0.25) is 5.88 Å². The van der Waals surface area contributed by atoms with Gasteiger partial charge in [0, 0.05) is 0 Å². The smallest absolute Gasteiger partial charge is 0.347 e. The number of nitrogens with one attached hydrogen (secondary N) is 1. The molecule has 0 fully saturated rings. The first-order valence-electron chi connectivity index (χ1n) is 4.34. The summed E-state index contributed by atoms with van der Waals surface area (Å²) >= 11 is 0. The largest absolute Gasteiger partial charge is 0.478 e. The number of aromatic nitrogens is 2. The van der Waals surface area contributed by atoms with Crippen LogP contribution in [0.5, 0.6) is 5.88 Å². The number of anilines is 1. The number of rotatable bonds is 4. The quantitative estimate of drug-likeness (QED) is 0.692. The normalized spacial score (nSPS) is 9.86. The Bertz CT molecular complexity index is 322. The zero-order valence-electron chi connectivity index (χ0n) is 8.16. The summed E-state index contributed by atoms with van der Waals surface area (Å²) in [6, 6.07) is 0. The number of H-pyrrole nitrogens is 1. The lowest BCUT2D eigenvalue weighted by molar-refractivity contribution is 0.0523. The van der Waals surface area contributed by atoms with Crippen molar-refractivity contribution in [1.82, 2.24) is 10.2 Å². The summed E-state index contributed by atoms with van der Waals surface area (Å²) in [5.74, 6) is -0.183. The lowest BCUT2D eigenvalue weighted by Gasteiger charge is -2.03. The fourth-order valence-electron chi connectivity index (χ4n) is 0.988. The molecule has 6 heteroatoms. The van der Waals surface area contributed by atoms with E-state index in [1.54, 1.807) is 13.8 Å². The van der Waals surface area contributed by atoms with Gasteiger partial charge in [0.1, 0.15) is 0 Å². The summed E-state index contributed by atoms with van der Waals surface area (Å²) in [4.78, 5) is 11.4. The number of carbonyl (C=O) groups is 1. The van der Waals surface area contributed by atoms with Crippen molar-refractivity contribution in [3.8, 4) is 5.88 Å². The van der Waals surface area contributed by atoms with Gasteiger partial charge < -0.3 is 15.2 Å². The van der Waals surface area contributed by atoms with Gasteiger partial charge in [-0.2, -0.15) is 5.10 Å². The number of ether oxygens (including phenoxy) is 2. The number of hydrogen-bond donors (Lipinski definition) is 2. The summed E-state index contributed by atoms with van der Waals surface area (Å²) in [5, 5.41) is 6.18. The summed E-state index contributed by atoms with van der Waals surface area (Å²) < 4.78 is 9.92. The van der Waals surface area contributed by atoms with Crippen molar-refractivity contribution in [3.05, 3.63) is 5.56 Å². The zero-order valence-corrected chi connectivity index (χ0v) is 8.16. The molecule has 0 aliphatic heterocycles. The predicted octanol–water partition coefficient (Wildman–Crippen LogP) is 0.567. The lowest BCUT2D eigenvalue weighted by atomic mass is 10.3. The molecule has 0 radical (unpaired) electrons. The zero-order chi connectivity index (χ0) is 10.6. The second-order valence-electron chi connectivity index (χ2n) is 2.47. The van der Waals surface area contributed by atoms with Crippen molar-refractivity contribution in [2.45, 2.75) is 13.8 Å². The highest BCUT2D eigenvalue weighted by molar-refractivity contribution is 5.96. The molecule has 78 valence electrons. The Labute approximate surface area is 81.4 Å². The number of carbonyl (C=O) groups excluding carboxylic acids is 1. The minimum Gasteiger partial charge on any atom is -0.478 e. The Morgan fingerprint density at radius 1 is 1.50 bits per heavy atom.